The molecule has 244 valence electrons. The summed E-state index contributed by atoms with van der Waals surface area (Å²) in [7, 11) is 0. The van der Waals surface area contributed by atoms with E-state index in [9.17, 15) is 24.6 Å². The Kier molecular flexibility index (Phi) is 9.65. The molecule has 5 atom stereocenters. The second kappa shape index (κ2) is 13.2. The van der Waals surface area contributed by atoms with Gasteiger partial charge in [-0.2, -0.15) is 0 Å². The van der Waals surface area contributed by atoms with E-state index in [-0.39, 0.29) is 17.7 Å². The maximum absolute atomic E-state index is 14.1. The first-order valence-corrected chi connectivity index (χ1v) is 16.1. The van der Waals surface area contributed by atoms with Crippen LogP contribution in [0.15, 0.2) is 36.4 Å². The van der Waals surface area contributed by atoms with Crippen molar-refractivity contribution in [3.63, 3.8) is 0 Å². The van der Waals surface area contributed by atoms with Crippen molar-refractivity contribution in [3.8, 4) is 0 Å². The van der Waals surface area contributed by atoms with Gasteiger partial charge in [0.25, 0.3) is 5.91 Å². The van der Waals surface area contributed by atoms with Crippen molar-refractivity contribution in [2.45, 2.75) is 109 Å². The normalized spacial score (nSPS) is 34.5. The van der Waals surface area contributed by atoms with E-state index in [1.807, 2.05) is 63.3 Å². The average molecular weight is 622 g/mol. The third kappa shape index (κ3) is 7.38. The van der Waals surface area contributed by atoms with Gasteiger partial charge in [-0.1, -0.05) is 44.2 Å². The first kappa shape index (κ1) is 33.0. The highest BCUT2D eigenvalue weighted by Gasteiger charge is 2.44. The Labute approximate surface area is 264 Å². The van der Waals surface area contributed by atoms with Gasteiger partial charge in [0.05, 0.1) is 34.4 Å². The molecule has 1 aromatic heterocycles. The number of aliphatic hydroxyl groups excluding tert-OH is 1. The largest absolute Gasteiger partial charge is 0.390 e. The number of rotatable bonds is 1. The van der Waals surface area contributed by atoms with Crippen molar-refractivity contribution in [2.24, 2.45) is 11.3 Å². The standard InChI is InChI=1S/C34H47N5O6/c1-20(2)28-29(40)35-21(3)30(41)39-18-6-7-26(38-39)31(42)45-22(4)25-11-10-24-9-8-23(19-27(24)36-25)12-13-34(32(43)37-28)16-14-33(5,44)15-17-34/h8-13,19-22,26,28,31,38,42,44H,6-7,14-18H2,1-5H3,(H,35,40)(H,37,43)/b13-12+/t21-,22+,26-,28-,31?,33-,34+/m0/s1. The quantitative estimate of drug-likeness (QED) is 0.326. The van der Waals surface area contributed by atoms with Gasteiger partial charge in [-0.25, -0.2) is 5.43 Å². The minimum absolute atomic E-state index is 0.252. The van der Waals surface area contributed by atoms with Crippen molar-refractivity contribution in [1.29, 1.82) is 0 Å². The van der Waals surface area contributed by atoms with Crippen LogP contribution in [0.1, 0.15) is 90.5 Å². The zero-order chi connectivity index (χ0) is 32.5. The lowest BCUT2D eigenvalue weighted by atomic mass is 9.68. The number of hydrogen-bond donors (Lipinski definition) is 5. The monoisotopic (exact) mass is 621 g/mol. The minimum Gasteiger partial charge on any atom is -0.390 e. The van der Waals surface area contributed by atoms with E-state index in [1.54, 1.807) is 13.8 Å². The van der Waals surface area contributed by atoms with Gasteiger partial charge in [0.1, 0.15) is 12.1 Å². The highest BCUT2D eigenvalue weighted by molar-refractivity contribution is 5.94. The van der Waals surface area contributed by atoms with E-state index in [4.69, 9.17) is 9.72 Å². The topological polar surface area (TPSA) is 153 Å². The number of pyridine rings is 1. The molecular formula is C34H47N5O6. The summed E-state index contributed by atoms with van der Waals surface area (Å²) >= 11 is 0. The van der Waals surface area contributed by atoms with E-state index in [0.717, 1.165) is 16.5 Å². The molecule has 2 fully saturated rings. The number of nitrogens with one attached hydrogen (secondary N) is 3. The molecule has 5 bridgehead atoms. The lowest BCUT2D eigenvalue weighted by molar-refractivity contribution is -0.172. The number of nitrogens with zero attached hydrogens (tertiary/aromatic N) is 2. The summed E-state index contributed by atoms with van der Waals surface area (Å²) in [4.78, 5) is 45.9. The number of carbonyl (C=O) groups excluding carboxylic acids is 3. The van der Waals surface area contributed by atoms with E-state index < -0.39 is 47.4 Å². The molecule has 3 amide bonds. The molecule has 1 saturated carbocycles. The summed E-state index contributed by atoms with van der Waals surface area (Å²) in [5, 5.41) is 29.9. The average Bonchev–Trinajstić information content (AvgIpc) is 3.01. The van der Waals surface area contributed by atoms with Gasteiger partial charge in [0.15, 0.2) is 6.29 Å². The molecule has 11 heteroatoms. The van der Waals surface area contributed by atoms with Crippen LogP contribution in [0.2, 0.25) is 0 Å². The van der Waals surface area contributed by atoms with Crippen molar-refractivity contribution in [1.82, 2.24) is 26.1 Å². The number of aliphatic hydroxyl groups is 2. The van der Waals surface area contributed by atoms with Crippen LogP contribution in [0.4, 0.5) is 0 Å². The molecule has 1 aromatic carbocycles. The number of hydrazine groups is 1. The van der Waals surface area contributed by atoms with Gasteiger partial charge < -0.3 is 25.6 Å². The minimum atomic E-state index is -1.20. The molecule has 2 aromatic rings. The lowest BCUT2D eigenvalue weighted by Crippen LogP contribution is -2.62. The van der Waals surface area contributed by atoms with Gasteiger partial charge in [0, 0.05) is 11.9 Å². The number of benzene rings is 1. The second-order valence-electron chi connectivity index (χ2n) is 13.6. The number of aromatic nitrogens is 1. The van der Waals surface area contributed by atoms with Crippen LogP contribution in [-0.2, 0) is 19.1 Å². The summed E-state index contributed by atoms with van der Waals surface area (Å²) in [6.07, 6.45) is 5.01. The smallest absolute Gasteiger partial charge is 0.258 e. The van der Waals surface area contributed by atoms with Crippen molar-refractivity contribution >= 4 is 34.7 Å². The first-order chi connectivity index (χ1) is 21.3. The summed E-state index contributed by atoms with van der Waals surface area (Å²) in [6.45, 7) is 9.33. The number of hydrogen-bond acceptors (Lipinski definition) is 8. The van der Waals surface area contributed by atoms with Gasteiger partial charge >= 0.3 is 0 Å². The van der Waals surface area contributed by atoms with E-state index >= 15 is 0 Å². The maximum Gasteiger partial charge on any atom is 0.258 e. The molecule has 5 rings (SSSR count). The SMILES string of the molecule is CC(C)[C@@H]1NC(=O)[C@]2(/C=C/c3ccc4ccc(nc4c3)[C@@H](C)OC(O)[C@@H]3CCCN(N3)C(=O)[C@H](C)NC1=O)CC[C@](C)(O)CC2. The number of carbonyl (C=O) groups is 3. The third-order valence-corrected chi connectivity index (χ3v) is 9.56. The Hall–Kier alpha value is -3.38. The predicted molar refractivity (Wildman–Crippen MR) is 170 cm³/mol. The lowest BCUT2D eigenvalue weighted by Gasteiger charge is -2.41. The molecule has 1 saturated heterocycles. The molecule has 45 heavy (non-hydrogen) atoms. The van der Waals surface area contributed by atoms with Gasteiger partial charge in [0.2, 0.25) is 11.8 Å². The summed E-state index contributed by atoms with van der Waals surface area (Å²) in [6, 6.07) is 7.42. The molecule has 1 aliphatic carbocycles. The van der Waals surface area contributed by atoms with Gasteiger partial charge in [-0.15, -0.1) is 0 Å². The van der Waals surface area contributed by atoms with E-state index in [1.165, 1.54) is 5.01 Å². The molecular weight excluding hydrogens is 574 g/mol. The Bertz CT molecular complexity index is 1450. The zero-order valence-corrected chi connectivity index (χ0v) is 26.9. The second-order valence-corrected chi connectivity index (χ2v) is 13.6. The predicted octanol–water partition coefficient (Wildman–Crippen LogP) is 3.11. The Morgan fingerprint density at radius 3 is 2.47 bits per heavy atom. The van der Waals surface area contributed by atoms with Crippen LogP contribution >= 0.6 is 0 Å². The van der Waals surface area contributed by atoms with Crippen LogP contribution in [0.3, 0.4) is 0 Å². The van der Waals surface area contributed by atoms with Crippen molar-refractivity contribution in [2.75, 3.05) is 6.54 Å². The van der Waals surface area contributed by atoms with Crippen LogP contribution in [0.25, 0.3) is 17.0 Å². The van der Waals surface area contributed by atoms with Crippen molar-refractivity contribution in [3.05, 3.63) is 47.7 Å². The molecule has 2 aliphatic heterocycles. The van der Waals surface area contributed by atoms with Crippen LogP contribution in [0.5, 0.6) is 0 Å². The summed E-state index contributed by atoms with van der Waals surface area (Å²) in [5.74, 6) is -1.34. The fourth-order valence-electron chi connectivity index (χ4n) is 6.41. The molecule has 3 heterocycles. The molecule has 5 N–H and O–H groups in total. The fraction of sp³-hybridized carbons (Fsp3) is 0.588. The highest BCUT2D eigenvalue weighted by atomic mass is 16.6. The number of ether oxygens (including phenoxy) is 1. The Balaban J connectivity index is 1.53. The summed E-state index contributed by atoms with van der Waals surface area (Å²) < 4.78 is 5.99. The fourth-order valence-corrected chi connectivity index (χ4v) is 6.41. The van der Waals surface area contributed by atoms with Gasteiger partial charge in [-0.3, -0.25) is 24.4 Å². The van der Waals surface area contributed by atoms with Crippen molar-refractivity contribution < 1.29 is 29.3 Å². The Morgan fingerprint density at radius 1 is 1.04 bits per heavy atom. The number of fused-ring (bicyclic) bond motifs is 4. The Morgan fingerprint density at radius 2 is 1.76 bits per heavy atom. The third-order valence-electron chi connectivity index (χ3n) is 9.56. The van der Waals surface area contributed by atoms with Crippen LogP contribution in [0, 0.1) is 11.3 Å². The molecule has 11 nitrogen and oxygen atoms in total. The van der Waals surface area contributed by atoms with E-state index in [0.29, 0.717) is 50.8 Å². The number of amides is 3. The molecule has 1 spiro atoms. The maximum atomic E-state index is 14.1. The highest BCUT2D eigenvalue weighted by Crippen LogP contribution is 2.43. The van der Waals surface area contributed by atoms with Crippen LogP contribution < -0.4 is 16.1 Å². The molecule has 3 aliphatic rings. The van der Waals surface area contributed by atoms with E-state index in [2.05, 4.69) is 16.1 Å². The van der Waals surface area contributed by atoms with Gasteiger partial charge in [-0.05, 0) is 82.9 Å². The first-order valence-electron chi connectivity index (χ1n) is 16.1. The zero-order valence-electron chi connectivity index (χ0n) is 26.9. The van der Waals surface area contributed by atoms with Crippen LogP contribution in [-0.4, -0.2) is 74.5 Å². The molecule has 1 unspecified atom stereocenters. The summed E-state index contributed by atoms with van der Waals surface area (Å²) in [5.41, 5.74) is 3.53. The molecule has 0 radical (unpaired) electrons.